The molecule has 0 unspecified atom stereocenters. The van der Waals surface area contributed by atoms with Gasteiger partial charge in [-0.2, -0.15) is 5.10 Å². The number of hydrogen-bond donors (Lipinski definition) is 2. The topological polar surface area (TPSA) is 185 Å². The fraction of sp³-hybridized carbons (Fsp3) is 0.406. The van der Waals surface area contributed by atoms with Crippen molar-refractivity contribution in [3.05, 3.63) is 54.2 Å². The summed E-state index contributed by atoms with van der Waals surface area (Å²) in [6.07, 6.45) is 0.726. The summed E-state index contributed by atoms with van der Waals surface area (Å²) in [5.74, 6) is -1.38. The molecule has 0 aliphatic carbocycles. The van der Waals surface area contributed by atoms with Crippen LogP contribution in [0.15, 0.2) is 52.3 Å². The van der Waals surface area contributed by atoms with E-state index in [1.807, 2.05) is 0 Å². The van der Waals surface area contributed by atoms with Crippen molar-refractivity contribution in [3.8, 4) is 5.75 Å². The van der Waals surface area contributed by atoms with Gasteiger partial charge in [-0.3, -0.25) is 10.1 Å². The number of amides is 2. The van der Waals surface area contributed by atoms with Crippen molar-refractivity contribution >= 4 is 52.4 Å². The second kappa shape index (κ2) is 13.1. The third kappa shape index (κ3) is 9.51. The van der Waals surface area contributed by atoms with E-state index in [0.29, 0.717) is 11.1 Å². The van der Waals surface area contributed by atoms with Crippen molar-refractivity contribution in [1.82, 2.24) is 19.9 Å². The summed E-state index contributed by atoms with van der Waals surface area (Å²) in [5, 5.41) is 9.78. The zero-order chi connectivity index (χ0) is 34.7. The maximum atomic E-state index is 13.4. The minimum Gasteiger partial charge on any atom is -0.462 e. The number of benzene rings is 1. The van der Waals surface area contributed by atoms with E-state index in [9.17, 15) is 19.2 Å². The molecule has 0 aliphatic rings. The van der Waals surface area contributed by atoms with E-state index in [2.05, 4.69) is 25.7 Å². The number of furan rings is 1. The maximum Gasteiger partial charge on any atom is 0.437 e. The number of guanidine groups is 1. The summed E-state index contributed by atoms with van der Waals surface area (Å²) >= 11 is 0. The Kier molecular flexibility index (Phi) is 9.59. The number of esters is 2. The van der Waals surface area contributed by atoms with Crippen molar-refractivity contribution in [2.24, 2.45) is 4.99 Å². The van der Waals surface area contributed by atoms with E-state index < -0.39 is 40.9 Å². The summed E-state index contributed by atoms with van der Waals surface area (Å²) in [4.78, 5) is 58.9. The monoisotopic (exact) mass is 650 g/mol. The molecule has 1 aromatic carbocycles. The Labute approximate surface area is 270 Å². The minimum absolute atomic E-state index is 0.0720. The lowest BCUT2D eigenvalue weighted by Crippen LogP contribution is -2.40. The number of nitrogens with zero attached hydrogens (tertiary/aromatic N) is 4. The third-order valence-corrected chi connectivity index (χ3v) is 5.72. The molecule has 2 N–H and O–H groups in total. The van der Waals surface area contributed by atoms with Crippen LogP contribution < -0.4 is 15.4 Å². The SMILES string of the molecule is CC(C)(C)OC(=O)Cc1ccc(OC(=O)c2ccc(N/C(=N/C(=O)OC(C)(C)C)NC(=O)OC(C)(C)C)c3occc23)c2ncnn12. The Bertz CT molecular complexity index is 1850. The van der Waals surface area contributed by atoms with Gasteiger partial charge in [-0.25, -0.2) is 23.9 Å². The van der Waals surface area contributed by atoms with Crippen LogP contribution in [0.5, 0.6) is 5.75 Å². The van der Waals surface area contributed by atoms with Gasteiger partial charge in [-0.05, 0) is 92.6 Å². The molecule has 0 saturated heterocycles. The lowest BCUT2D eigenvalue weighted by atomic mass is 10.1. The number of alkyl carbamates (subject to hydrolysis) is 1. The molecule has 0 atom stereocenters. The quantitative estimate of drug-likeness (QED) is 0.115. The first-order valence-corrected chi connectivity index (χ1v) is 14.6. The van der Waals surface area contributed by atoms with Crippen molar-refractivity contribution in [2.75, 3.05) is 5.32 Å². The van der Waals surface area contributed by atoms with Gasteiger partial charge in [0.2, 0.25) is 5.96 Å². The third-order valence-electron chi connectivity index (χ3n) is 5.72. The fourth-order valence-corrected chi connectivity index (χ4v) is 4.16. The lowest BCUT2D eigenvalue weighted by molar-refractivity contribution is -0.154. The Morgan fingerprint density at radius 2 is 1.55 bits per heavy atom. The molecule has 47 heavy (non-hydrogen) atoms. The molecule has 0 bridgehead atoms. The van der Waals surface area contributed by atoms with Crippen LogP contribution in [0.25, 0.3) is 16.6 Å². The molecular formula is C32H38N6O9. The van der Waals surface area contributed by atoms with Crippen LogP contribution in [-0.2, 0) is 25.4 Å². The van der Waals surface area contributed by atoms with E-state index >= 15 is 0 Å². The number of ether oxygens (including phenoxy) is 4. The summed E-state index contributed by atoms with van der Waals surface area (Å²) in [6.45, 7) is 15.4. The lowest BCUT2D eigenvalue weighted by Gasteiger charge is -2.21. The number of hydrogen-bond acceptors (Lipinski definition) is 11. The number of nitrogens with one attached hydrogen (secondary N) is 2. The molecule has 3 aromatic heterocycles. The highest BCUT2D eigenvalue weighted by Gasteiger charge is 2.24. The molecule has 4 aromatic rings. The van der Waals surface area contributed by atoms with Gasteiger partial charge in [0.05, 0.1) is 29.6 Å². The van der Waals surface area contributed by atoms with Crippen molar-refractivity contribution in [2.45, 2.75) is 85.5 Å². The van der Waals surface area contributed by atoms with Crippen LogP contribution in [0.2, 0.25) is 0 Å². The molecule has 250 valence electrons. The van der Waals surface area contributed by atoms with Gasteiger partial charge < -0.3 is 28.7 Å². The second-order valence-corrected chi connectivity index (χ2v) is 13.4. The van der Waals surface area contributed by atoms with E-state index in [-0.39, 0.29) is 40.6 Å². The van der Waals surface area contributed by atoms with E-state index in [4.69, 9.17) is 23.4 Å². The predicted molar refractivity (Wildman–Crippen MR) is 170 cm³/mol. The van der Waals surface area contributed by atoms with Crippen molar-refractivity contribution < 1.29 is 42.5 Å². The first-order chi connectivity index (χ1) is 21.8. The van der Waals surface area contributed by atoms with Crippen LogP contribution >= 0.6 is 0 Å². The van der Waals surface area contributed by atoms with Gasteiger partial charge in [-0.15, -0.1) is 4.99 Å². The molecule has 0 saturated carbocycles. The highest BCUT2D eigenvalue weighted by molar-refractivity contribution is 6.12. The Hall–Kier alpha value is -5.47. The van der Waals surface area contributed by atoms with Crippen molar-refractivity contribution in [1.29, 1.82) is 0 Å². The van der Waals surface area contributed by atoms with Gasteiger partial charge in [0.25, 0.3) is 0 Å². The standard InChI is InChI=1S/C32H38N6O9/c1-30(2,3)45-23(39)16-18-10-13-22(25-33-17-34-38(18)25)44-26(40)20-11-12-21(24-19(20)14-15-43-24)35-27(36-28(41)46-31(4,5)6)37-29(42)47-32(7,8)9/h10-15,17H,16H2,1-9H3,(H2,35,36,37,41,42). The van der Waals surface area contributed by atoms with Crippen molar-refractivity contribution in [3.63, 3.8) is 0 Å². The number of aliphatic imine (C=N–C) groups is 1. The predicted octanol–water partition coefficient (Wildman–Crippen LogP) is 5.81. The molecule has 3 heterocycles. The van der Waals surface area contributed by atoms with Crippen LogP contribution in [0.1, 0.15) is 78.4 Å². The number of pyridine rings is 1. The highest BCUT2D eigenvalue weighted by Crippen LogP contribution is 2.30. The average Bonchev–Trinajstić information content (AvgIpc) is 3.57. The summed E-state index contributed by atoms with van der Waals surface area (Å²) < 4.78 is 28.7. The van der Waals surface area contributed by atoms with Gasteiger partial charge in [0.1, 0.15) is 23.1 Å². The Morgan fingerprint density at radius 3 is 2.21 bits per heavy atom. The summed E-state index contributed by atoms with van der Waals surface area (Å²) in [7, 11) is 0. The van der Waals surface area contributed by atoms with E-state index in [0.717, 1.165) is 0 Å². The molecule has 0 spiro atoms. The van der Waals surface area contributed by atoms with E-state index in [1.54, 1.807) is 74.4 Å². The van der Waals surface area contributed by atoms with Gasteiger partial charge in [-0.1, -0.05) is 0 Å². The van der Waals surface area contributed by atoms with Gasteiger partial charge in [0.15, 0.2) is 17.0 Å². The zero-order valence-electron chi connectivity index (χ0n) is 27.7. The minimum atomic E-state index is -0.969. The highest BCUT2D eigenvalue weighted by atomic mass is 16.6. The number of fused-ring (bicyclic) bond motifs is 2. The molecule has 0 radical (unpaired) electrons. The number of carbonyl (C=O) groups excluding carboxylic acids is 4. The molecule has 15 heteroatoms. The van der Waals surface area contributed by atoms with Crippen LogP contribution in [0, 0.1) is 0 Å². The first kappa shape index (κ1) is 34.4. The molecule has 0 aliphatic heterocycles. The molecule has 4 rings (SSSR count). The number of rotatable bonds is 5. The number of carbonyl (C=O) groups is 4. The van der Waals surface area contributed by atoms with E-state index in [1.165, 1.54) is 35.3 Å². The number of aromatic nitrogens is 3. The fourth-order valence-electron chi connectivity index (χ4n) is 4.16. The maximum absolute atomic E-state index is 13.4. The Balaban J connectivity index is 1.59. The molecule has 0 fully saturated rings. The molecular weight excluding hydrogens is 612 g/mol. The normalized spacial score (nSPS) is 12.5. The summed E-state index contributed by atoms with van der Waals surface area (Å²) in [5.41, 5.74) is -1.02. The Morgan fingerprint density at radius 1 is 0.872 bits per heavy atom. The molecule has 2 amide bonds. The van der Waals surface area contributed by atoms with Crippen LogP contribution in [0.3, 0.4) is 0 Å². The zero-order valence-corrected chi connectivity index (χ0v) is 27.7. The van der Waals surface area contributed by atoms with Crippen LogP contribution in [0.4, 0.5) is 15.3 Å². The largest absolute Gasteiger partial charge is 0.462 e. The first-order valence-electron chi connectivity index (χ1n) is 14.6. The second-order valence-electron chi connectivity index (χ2n) is 13.4. The smallest absolute Gasteiger partial charge is 0.437 e. The van der Waals surface area contributed by atoms with Gasteiger partial charge in [0, 0.05) is 5.39 Å². The van der Waals surface area contributed by atoms with Crippen LogP contribution in [-0.4, -0.2) is 61.5 Å². The summed E-state index contributed by atoms with van der Waals surface area (Å²) in [6, 6.07) is 7.63. The average molecular weight is 651 g/mol. The number of anilines is 1. The van der Waals surface area contributed by atoms with Gasteiger partial charge >= 0.3 is 24.1 Å². The molecule has 15 nitrogen and oxygen atoms in total.